The van der Waals surface area contributed by atoms with Gasteiger partial charge >= 0.3 is 5.97 Å². The Kier molecular flexibility index (Phi) is 10.9. The van der Waals surface area contributed by atoms with Crippen molar-refractivity contribution in [2.75, 3.05) is 19.8 Å². The summed E-state index contributed by atoms with van der Waals surface area (Å²) in [4.78, 5) is 11.5. The number of hydrogen-bond donors (Lipinski definition) is 6. The maximum Gasteiger partial charge on any atom is 0.320 e. The van der Waals surface area contributed by atoms with Crippen molar-refractivity contribution in [2.45, 2.75) is 75.6 Å². The molecule has 0 amide bonds. The molecule has 2 fully saturated rings. The lowest BCUT2D eigenvalue weighted by atomic mass is 9.89. The van der Waals surface area contributed by atoms with Crippen LogP contribution in [0.15, 0.2) is 53.1 Å². The van der Waals surface area contributed by atoms with Crippen molar-refractivity contribution in [1.29, 1.82) is 0 Å². The Morgan fingerprint density at radius 1 is 1.24 bits per heavy atom. The van der Waals surface area contributed by atoms with Gasteiger partial charge in [-0.15, -0.1) is 0 Å². The molecule has 0 aliphatic carbocycles. The third-order valence-electron chi connectivity index (χ3n) is 7.10. The highest BCUT2D eigenvalue weighted by atomic mass is 35.5. The summed E-state index contributed by atoms with van der Waals surface area (Å²) >= 11 is 6.60. The van der Waals surface area contributed by atoms with Crippen LogP contribution in [0.3, 0.4) is 0 Å². The summed E-state index contributed by atoms with van der Waals surface area (Å²) in [5.41, 5.74) is 3.26. The first kappa shape index (κ1) is 30.3. The van der Waals surface area contributed by atoms with Gasteiger partial charge in [0, 0.05) is 18.2 Å². The topological polar surface area (TPSA) is 149 Å². The summed E-state index contributed by atoms with van der Waals surface area (Å²) in [5, 5.41) is 52.8. The summed E-state index contributed by atoms with van der Waals surface area (Å²) in [6, 6.07) is 5.25. The van der Waals surface area contributed by atoms with Gasteiger partial charge in [0.1, 0.15) is 36.2 Å². The molecule has 0 radical (unpaired) electrons. The summed E-state index contributed by atoms with van der Waals surface area (Å²) in [6.45, 7) is 8.57. The van der Waals surface area contributed by atoms with Crippen molar-refractivity contribution in [1.82, 2.24) is 5.32 Å². The molecule has 0 aromatic heterocycles. The van der Waals surface area contributed by atoms with Gasteiger partial charge in [-0.1, -0.05) is 35.9 Å². The predicted octanol–water partition coefficient (Wildman–Crippen LogP) is 2.02. The van der Waals surface area contributed by atoms with Gasteiger partial charge in [0.05, 0.1) is 12.7 Å². The molecule has 210 valence electrons. The molecule has 2 aliphatic rings. The van der Waals surface area contributed by atoms with Gasteiger partial charge in [0.2, 0.25) is 0 Å². The molecule has 1 aromatic carbocycles. The summed E-state index contributed by atoms with van der Waals surface area (Å²) in [5.74, 6) is -0.116. The minimum absolute atomic E-state index is 0.0204. The van der Waals surface area contributed by atoms with Gasteiger partial charge in [-0.25, -0.2) is 0 Å². The number of carboxylic acid groups (broad SMARTS) is 1. The standard InChI is InChI=1S/C28H38ClNO8/c1-4-37-19-7-6-17(20(13-19)18-12-22(28(35)36)30-14-18)11-16(3)21(29)8-5-15(2)27-26(34)25(33)24(32)23(38-27)9-10-31/h5-8,13,18,22-27,30-34H,2,4,9-12,14H2,1,3H3,(H,35,36)/b8-5-,21-16-/t18?,22-,23+,24+,25-,26+,27-/m0/s1. The summed E-state index contributed by atoms with van der Waals surface area (Å²) in [6.07, 6.45) is -1.61. The number of benzene rings is 1. The van der Waals surface area contributed by atoms with Crippen molar-refractivity contribution >= 4 is 17.6 Å². The van der Waals surface area contributed by atoms with Crippen LogP contribution in [0.5, 0.6) is 5.75 Å². The number of halogens is 1. The minimum Gasteiger partial charge on any atom is -0.494 e. The lowest BCUT2D eigenvalue weighted by Gasteiger charge is -2.41. The van der Waals surface area contributed by atoms with E-state index in [0.717, 1.165) is 22.4 Å². The van der Waals surface area contributed by atoms with Gasteiger partial charge in [0.15, 0.2) is 0 Å². The van der Waals surface area contributed by atoms with Crippen LogP contribution in [-0.2, 0) is 16.0 Å². The Hall–Kier alpha value is -2.24. The van der Waals surface area contributed by atoms with E-state index in [1.54, 1.807) is 12.2 Å². The first-order chi connectivity index (χ1) is 18.1. The van der Waals surface area contributed by atoms with E-state index >= 15 is 0 Å². The van der Waals surface area contributed by atoms with E-state index in [2.05, 4.69) is 11.9 Å². The third kappa shape index (κ3) is 7.24. The fraction of sp³-hybridized carbons (Fsp3) is 0.536. The molecule has 1 aromatic rings. The van der Waals surface area contributed by atoms with Gasteiger partial charge in [-0.2, -0.15) is 0 Å². The molecule has 2 aliphatic heterocycles. The second kappa shape index (κ2) is 13.7. The van der Waals surface area contributed by atoms with Gasteiger partial charge in [-0.05, 0) is 73.9 Å². The maximum atomic E-state index is 11.5. The van der Waals surface area contributed by atoms with Crippen molar-refractivity contribution in [2.24, 2.45) is 0 Å². The second-order valence-electron chi connectivity index (χ2n) is 9.82. The fourth-order valence-electron chi connectivity index (χ4n) is 4.94. The highest BCUT2D eigenvalue weighted by Crippen LogP contribution is 2.33. The Labute approximate surface area is 228 Å². The number of carbonyl (C=O) groups is 1. The molecule has 38 heavy (non-hydrogen) atoms. The maximum absolute atomic E-state index is 11.5. The largest absolute Gasteiger partial charge is 0.494 e. The number of rotatable bonds is 11. The van der Waals surface area contributed by atoms with E-state index in [4.69, 9.17) is 21.1 Å². The van der Waals surface area contributed by atoms with Crippen LogP contribution in [0.2, 0.25) is 0 Å². The zero-order valence-corrected chi connectivity index (χ0v) is 22.5. The first-order valence-electron chi connectivity index (χ1n) is 12.8. The number of aliphatic carboxylic acids is 1. The Morgan fingerprint density at radius 2 is 1.97 bits per heavy atom. The molecule has 0 spiro atoms. The van der Waals surface area contributed by atoms with Crippen molar-refractivity contribution in [3.63, 3.8) is 0 Å². The normalized spacial score (nSPS) is 30.3. The molecule has 2 saturated heterocycles. The third-order valence-corrected chi connectivity index (χ3v) is 7.54. The Bertz CT molecular complexity index is 1060. The summed E-state index contributed by atoms with van der Waals surface area (Å²) < 4.78 is 11.4. The summed E-state index contributed by atoms with van der Waals surface area (Å²) in [7, 11) is 0. The number of carboxylic acids is 1. The average molecular weight is 552 g/mol. The van der Waals surface area contributed by atoms with E-state index < -0.39 is 42.5 Å². The molecule has 6 N–H and O–H groups in total. The van der Waals surface area contributed by atoms with Crippen LogP contribution in [-0.4, -0.2) is 87.8 Å². The quantitative estimate of drug-likeness (QED) is 0.227. The van der Waals surface area contributed by atoms with E-state index in [0.29, 0.717) is 36.6 Å². The van der Waals surface area contributed by atoms with Crippen molar-refractivity contribution < 1.29 is 39.8 Å². The molecule has 0 bridgehead atoms. The van der Waals surface area contributed by atoms with Crippen molar-refractivity contribution in [3.05, 3.63) is 64.2 Å². The lowest BCUT2D eigenvalue weighted by molar-refractivity contribution is -0.213. The fourth-order valence-corrected chi connectivity index (χ4v) is 5.07. The molecule has 3 rings (SSSR count). The Balaban J connectivity index is 1.77. The van der Waals surface area contributed by atoms with Gasteiger partial charge in [0.25, 0.3) is 0 Å². The Morgan fingerprint density at radius 3 is 2.61 bits per heavy atom. The van der Waals surface area contributed by atoms with Crippen LogP contribution < -0.4 is 10.1 Å². The number of aliphatic hydroxyl groups is 4. The van der Waals surface area contributed by atoms with Crippen molar-refractivity contribution in [3.8, 4) is 5.75 Å². The highest BCUT2D eigenvalue weighted by Gasteiger charge is 2.43. The molecular weight excluding hydrogens is 514 g/mol. The van der Waals surface area contributed by atoms with Crippen LogP contribution in [0.4, 0.5) is 0 Å². The predicted molar refractivity (Wildman–Crippen MR) is 143 cm³/mol. The van der Waals surface area contributed by atoms with Crippen LogP contribution >= 0.6 is 11.6 Å². The zero-order valence-electron chi connectivity index (χ0n) is 21.7. The minimum atomic E-state index is -1.44. The number of hydrogen-bond acceptors (Lipinski definition) is 8. The smallest absolute Gasteiger partial charge is 0.320 e. The van der Waals surface area contributed by atoms with E-state index in [9.17, 15) is 30.3 Å². The molecule has 7 atom stereocenters. The second-order valence-corrected chi connectivity index (χ2v) is 10.2. The number of ether oxygens (including phenoxy) is 2. The van der Waals surface area contributed by atoms with E-state index in [1.165, 1.54) is 0 Å². The van der Waals surface area contributed by atoms with Gasteiger partial charge in [-0.3, -0.25) is 4.79 Å². The molecule has 1 unspecified atom stereocenters. The molecule has 0 saturated carbocycles. The number of nitrogens with one attached hydrogen (secondary N) is 1. The highest BCUT2D eigenvalue weighted by molar-refractivity contribution is 6.31. The monoisotopic (exact) mass is 551 g/mol. The van der Waals surface area contributed by atoms with E-state index in [1.807, 2.05) is 32.0 Å². The first-order valence-corrected chi connectivity index (χ1v) is 13.2. The van der Waals surface area contributed by atoms with Gasteiger partial charge < -0.3 is 40.3 Å². The molecule has 2 heterocycles. The lowest BCUT2D eigenvalue weighted by Crippen LogP contribution is -2.57. The molecule has 10 heteroatoms. The van der Waals surface area contributed by atoms with Crippen LogP contribution in [0.1, 0.15) is 43.7 Å². The zero-order chi connectivity index (χ0) is 28.0. The van der Waals surface area contributed by atoms with Crippen LogP contribution in [0.25, 0.3) is 0 Å². The number of aliphatic hydroxyl groups excluding tert-OH is 4. The number of allylic oxidation sites excluding steroid dienone is 3. The average Bonchev–Trinajstić information content (AvgIpc) is 3.39. The van der Waals surface area contributed by atoms with Crippen LogP contribution in [0, 0.1) is 0 Å². The van der Waals surface area contributed by atoms with E-state index in [-0.39, 0.29) is 18.9 Å². The molecule has 9 nitrogen and oxygen atoms in total. The SMILES string of the molecule is C=C(/C=C\C(Cl)=C(/C)Cc1ccc(OCC)cc1C1CN[C@H](C(=O)O)C1)[C@@H]1O[C@H](CCO)[C@@H](O)[C@H](O)[C@H]1O. The molecular formula is C28H38ClNO8.